The highest BCUT2D eigenvalue weighted by molar-refractivity contribution is 5.75. The van der Waals surface area contributed by atoms with Crippen molar-refractivity contribution in [1.29, 1.82) is 0 Å². The maximum atomic E-state index is 10.9. The molecule has 1 rings (SSSR count). The molecule has 0 saturated carbocycles. The van der Waals surface area contributed by atoms with Crippen molar-refractivity contribution < 1.29 is 14.3 Å². The van der Waals surface area contributed by atoms with E-state index in [9.17, 15) is 4.79 Å². The van der Waals surface area contributed by atoms with Crippen LogP contribution in [0.5, 0.6) is 0 Å². The maximum absolute atomic E-state index is 10.9. The van der Waals surface area contributed by atoms with Gasteiger partial charge in [0.25, 0.3) is 0 Å². The van der Waals surface area contributed by atoms with Gasteiger partial charge in [0.05, 0.1) is 13.2 Å². The smallest absolute Gasteiger partial charge is 0.219 e. The van der Waals surface area contributed by atoms with Gasteiger partial charge in [-0.15, -0.1) is 0 Å². The van der Waals surface area contributed by atoms with Crippen molar-refractivity contribution in [3.05, 3.63) is 0 Å². The van der Waals surface area contributed by atoms with Gasteiger partial charge in [-0.1, -0.05) is 6.92 Å². The molecule has 0 aromatic heterocycles. The lowest BCUT2D eigenvalue weighted by Gasteiger charge is -2.21. The Labute approximate surface area is 78.6 Å². The standard InChI is InChI=1S/C9H17NO3/c1-3-8(11)10-5-4-9(2)12-6-7-13-9/h3-7H2,1-2H3,(H,10,11). The summed E-state index contributed by atoms with van der Waals surface area (Å²) in [5, 5.41) is 2.79. The highest BCUT2D eigenvalue weighted by Gasteiger charge is 2.30. The van der Waals surface area contributed by atoms with Gasteiger partial charge in [-0.3, -0.25) is 4.79 Å². The van der Waals surface area contributed by atoms with Gasteiger partial charge in [-0.2, -0.15) is 0 Å². The molecule has 0 aromatic carbocycles. The van der Waals surface area contributed by atoms with E-state index in [0.717, 1.165) is 0 Å². The van der Waals surface area contributed by atoms with Crippen molar-refractivity contribution >= 4 is 5.91 Å². The second-order valence-electron chi connectivity index (χ2n) is 3.28. The zero-order valence-electron chi connectivity index (χ0n) is 8.26. The molecule has 1 fully saturated rings. The molecule has 0 radical (unpaired) electrons. The summed E-state index contributed by atoms with van der Waals surface area (Å²) in [4.78, 5) is 10.9. The van der Waals surface area contributed by atoms with Gasteiger partial charge < -0.3 is 14.8 Å². The van der Waals surface area contributed by atoms with E-state index in [2.05, 4.69) is 5.32 Å². The van der Waals surface area contributed by atoms with Crippen molar-refractivity contribution in [2.24, 2.45) is 0 Å². The quantitative estimate of drug-likeness (QED) is 0.703. The van der Waals surface area contributed by atoms with Crippen LogP contribution in [-0.2, 0) is 14.3 Å². The summed E-state index contributed by atoms with van der Waals surface area (Å²) in [6, 6.07) is 0. The van der Waals surface area contributed by atoms with Crippen molar-refractivity contribution in [2.75, 3.05) is 19.8 Å². The fourth-order valence-electron chi connectivity index (χ4n) is 1.26. The summed E-state index contributed by atoms with van der Waals surface area (Å²) < 4.78 is 10.8. The zero-order valence-corrected chi connectivity index (χ0v) is 8.26. The molecule has 0 aliphatic carbocycles. The van der Waals surface area contributed by atoms with Gasteiger partial charge >= 0.3 is 0 Å². The molecule has 1 N–H and O–H groups in total. The number of amides is 1. The van der Waals surface area contributed by atoms with E-state index in [4.69, 9.17) is 9.47 Å². The van der Waals surface area contributed by atoms with Crippen LogP contribution in [0.2, 0.25) is 0 Å². The molecular weight excluding hydrogens is 170 g/mol. The summed E-state index contributed by atoms with van der Waals surface area (Å²) >= 11 is 0. The minimum Gasteiger partial charge on any atom is -0.356 e. The van der Waals surface area contributed by atoms with E-state index in [0.29, 0.717) is 32.6 Å². The summed E-state index contributed by atoms with van der Waals surface area (Å²) in [5.41, 5.74) is 0. The summed E-state index contributed by atoms with van der Waals surface area (Å²) in [7, 11) is 0. The SMILES string of the molecule is CCC(=O)NCCC1(C)OCCO1. The molecule has 0 atom stereocenters. The lowest BCUT2D eigenvalue weighted by Crippen LogP contribution is -2.33. The molecular formula is C9H17NO3. The third-order valence-electron chi connectivity index (χ3n) is 2.12. The van der Waals surface area contributed by atoms with E-state index in [1.165, 1.54) is 0 Å². The van der Waals surface area contributed by atoms with Crippen LogP contribution in [0.15, 0.2) is 0 Å². The van der Waals surface area contributed by atoms with E-state index in [-0.39, 0.29) is 5.91 Å². The Balaban J connectivity index is 2.14. The number of carbonyl (C=O) groups excluding carboxylic acids is 1. The molecule has 4 heteroatoms. The fraction of sp³-hybridized carbons (Fsp3) is 0.889. The third kappa shape index (κ3) is 3.32. The lowest BCUT2D eigenvalue weighted by atomic mass is 10.2. The van der Waals surface area contributed by atoms with Crippen molar-refractivity contribution in [1.82, 2.24) is 5.32 Å². The van der Waals surface area contributed by atoms with Crippen LogP contribution in [0.4, 0.5) is 0 Å². The maximum Gasteiger partial charge on any atom is 0.219 e. The minimum atomic E-state index is -0.485. The molecule has 13 heavy (non-hydrogen) atoms. The molecule has 0 spiro atoms. The van der Waals surface area contributed by atoms with E-state index >= 15 is 0 Å². The number of ether oxygens (including phenoxy) is 2. The lowest BCUT2D eigenvalue weighted by molar-refractivity contribution is -0.146. The van der Waals surface area contributed by atoms with Crippen LogP contribution in [0, 0.1) is 0 Å². The van der Waals surface area contributed by atoms with Crippen molar-refractivity contribution in [3.63, 3.8) is 0 Å². The minimum absolute atomic E-state index is 0.0709. The molecule has 76 valence electrons. The van der Waals surface area contributed by atoms with Crippen molar-refractivity contribution in [3.8, 4) is 0 Å². The Hall–Kier alpha value is -0.610. The first-order valence-corrected chi connectivity index (χ1v) is 4.71. The first-order valence-electron chi connectivity index (χ1n) is 4.71. The van der Waals surface area contributed by atoms with Crippen LogP contribution in [0.25, 0.3) is 0 Å². The van der Waals surface area contributed by atoms with Gasteiger partial charge in [0.1, 0.15) is 0 Å². The van der Waals surface area contributed by atoms with Crippen LogP contribution in [0.3, 0.4) is 0 Å². The molecule has 0 unspecified atom stereocenters. The van der Waals surface area contributed by atoms with E-state index in [1.807, 2.05) is 13.8 Å². The van der Waals surface area contributed by atoms with Crippen LogP contribution < -0.4 is 5.32 Å². The Bertz CT molecular complexity index is 176. The van der Waals surface area contributed by atoms with Gasteiger partial charge in [0.15, 0.2) is 5.79 Å². The predicted octanol–water partition coefficient (Wildman–Crippen LogP) is 0.666. The van der Waals surface area contributed by atoms with Gasteiger partial charge in [-0.05, 0) is 6.92 Å². The monoisotopic (exact) mass is 187 g/mol. The molecule has 4 nitrogen and oxygen atoms in total. The Kier molecular flexibility index (Phi) is 3.69. The molecule has 1 aliphatic rings. The molecule has 1 aliphatic heterocycles. The Morgan fingerprint density at radius 2 is 2.08 bits per heavy atom. The number of hydrogen-bond acceptors (Lipinski definition) is 3. The molecule has 0 bridgehead atoms. The average molecular weight is 187 g/mol. The first-order chi connectivity index (χ1) is 6.16. The zero-order chi connectivity index (χ0) is 9.73. The Morgan fingerprint density at radius 3 is 2.62 bits per heavy atom. The summed E-state index contributed by atoms with van der Waals surface area (Å²) in [6.07, 6.45) is 1.23. The van der Waals surface area contributed by atoms with Crippen LogP contribution in [0.1, 0.15) is 26.7 Å². The predicted molar refractivity (Wildman–Crippen MR) is 48.2 cm³/mol. The van der Waals surface area contributed by atoms with Gasteiger partial charge in [0, 0.05) is 19.4 Å². The summed E-state index contributed by atoms with van der Waals surface area (Å²) in [6.45, 7) is 5.65. The number of carbonyl (C=O) groups is 1. The fourth-order valence-corrected chi connectivity index (χ4v) is 1.26. The normalized spacial score (nSPS) is 20.2. The average Bonchev–Trinajstić information content (AvgIpc) is 2.52. The number of nitrogens with one attached hydrogen (secondary N) is 1. The Morgan fingerprint density at radius 1 is 1.46 bits per heavy atom. The first kappa shape index (κ1) is 10.5. The second-order valence-corrected chi connectivity index (χ2v) is 3.28. The van der Waals surface area contributed by atoms with Crippen molar-refractivity contribution in [2.45, 2.75) is 32.5 Å². The van der Waals surface area contributed by atoms with Crippen LogP contribution >= 0.6 is 0 Å². The molecule has 1 amide bonds. The molecule has 1 saturated heterocycles. The largest absolute Gasteiger partial charge is 0.356 e. The van der Waals surface area contributed by atoms with E-state index < -0.39 is 5.79 Å². The highest BCUT2D eigenvalue weighted by Crippen LogP contribution is 2.21. The highest BCUT2D eigenvalue weighted by atomic mass is 16.7. The van der Waals surface area contributed by atoms with Gasteiger partial charge in [-0.25, -0.2) is 0 Å². The molecule has 1 heterocycles. The second kappa shape index (κ2) is 4.58. The topological polar surface area (TPSA) is 47.6 Å². The van der Waals surface area contributed by atoms with E-state index in [1.54, 1.807) is 0 Å². The number of rotatable bonds is 4. The third-order valence-corrected chi connectivity index (χ3v) is 2.12. The van der Waals surface area contributed by atoms with Crippen LogP contribution in [-0.4, -0.2) is 31.5 Å². The summed E-state index contributed by atoms with van der Waals surface area (Å²) in [5.74, 6) is -0.414. The van der Waals surface area contributed by atoms with Gasteiger partial charge in [0.2, 0.25) is 5.91 Å². The number of hydrogen-bond donors (Lipinski definition) is 1. The molecule has 0 aromatic rings.